The number of rotatable bonds is 2. The van der Waals surface area contributed by atoms with Gasteiger partial charge in [0.15, 0.2) is 11.5 Å². The number of nitrogens with two attached hydrogens (primary N) is 1. The van der Waals surface area contributed by atoms with Crippen LogP contribution in [-0.4, -0.2) is 12.3 Å². The van der Waals surface area contributed by atoms with Crippen LogP contribution in [0, 0.1) is 0 Å². The van der Waals surface area contributed by atoms with Gasteiger partial charge in [0.1, 0.15) is 0 Å². The summed E-state index contributed by atoms with van der Waals surface area (Å²) in [5.41, 5.74) is 7.46. The average Bonchev–Trinajstić information content (AvgIpc) is 3.16. The number of hydrogen-bond donors (Lipinski definition) is 1. The molecular weight excluding hydrogens is 238 g/mol. The van der Waals surface area contributed by atoms with Crippen LogP contribution in [0.2, 0.25) is 0 Å². The van der Waals surface area contributed by atoms with E-state index in [1.54, 1.807) is 0 Å². The standard InChI is InChI=1S/C16H21NO2/c17-11-15(8-9-15)12-4-5-13-14(10-12)19-16(18-13)6-2-1-3-7-16/h4-5,10H,1-3,6-9,11,17H2. The van der Waals surface area contributed by atoms with E-state index in [0.29, 0.717) is 0 Å². The van der Waals surface area contributed by atoms with Gasteiger partial charge < -0.3 is 15.2 Å². The van der Waals surface area contributed by atoms with Crippen LogP contribution >= 0.6 is 0 Å². The third-order valence-electron chi connectivity index (χ3n) is 5.01. The van der Waals surface area contributed by atoms with E-state index in [4.69, 9.17) is 15.2 Å². The maximum Gasteiger partial charge on any atom is 0.251 e. The fourth-order valence-corrected chi connectivity index (χ4v) is 3.48. The van der Waals surface area contributed by atoms with Crippen molar-refractivity contribution in [2.75, 3.05) is 6.54 Å². The number of fused-ring (bicyclic) bond motifs is 1. The van der Waals surface area contributed by atoms with Gasteiger partial charge in [-0.25, -0.2) is 0 Å². The summed E-state index contributed by atoms with van der Waals surface area (Å²) in [5.74, 6) is 1.48. The lowest BCUT2D eigenvalue weighted by Crippen LogP contribution is -2.40. The van der Waals surface area contributed by atoms with Crippen LogP contribution < -0.4 is 15.2 Å². The molecule has 0 unspecified atom stereocenters. The topological polar surface area (TPSA) is 44.5 Å². The first-order valence-corrected chi connectivity index (χ1v) is 7.48. The minimum absolute atomic E-state index is 0.223. The number of benzene rings is 1. The molecule has 2 fully saturated rings. The summed E-state index contributed by atoms with van der Waals surface area (Å²) in [4.78, 5) is 0. The largest absolute Gasteiger partial charge is 0.448 e. The van der Waals surface area contributed by atoms with Crippen molar-refractivity contribution in [1.29, 1.82) is 0 Å². The van der Waals surface area contributed by atoms with Gasteiger partial charge in [0.25, 0.3) is 5.79 Å². The van der Waals surface area contributed by atoms with Crippen molar-refractivity contribution in [3.05, 3.63) is 23.8 Å². The van der Waals surface area contributed by atoms with Crippen molar-refractivity contribution >= 4 is 0 Å². The quantitative estimate of drug-likeness (QED) is 0.887. The molecular formula is C16H21NO2. The van der Waals surface area contributed by atoms with E-state index in [1.165, 1.54) is 37.7 Å². The molecule has 0 aromatic heterocycles. The van der Waals surface area contributed by atoms with Crippen LogP contribution in [-0.2, 0) is 5.41 Å². The molecule has 0 amide bonds. The Morgan fingerprint density at radius 2 is 1.68 bits per heavy atom. The summed E-state index contributed by atoms with van der Waals surface area (Å²) in [7, 11) is 0. The van der Waals surface area contributed by atoms with Crippen LogP contribution in [0.1, 0.15) is 50.5 Å². The van der Waals surface area contributed by atoms with E-state index in [-0.39, 0.29) is 11.2 Å². The van der Waals surface area contributed by atoms with Crippen LogP contribution in [0.4, 0.5) is 0 Å². The lowest BCUT2D eigenvalue weighted by Gasteiger charge is -2.31. The van der Waals surface area contributed by atoms with Gasteiger partial charge in [-0.3, -0.25) is 0 Å². The zero-order valence-electron chi connectivity index (χ0n) is 11.3. The first-order chi connectivity index (χ1) is 9.25. The van der Waals surface area contributed by atoms with Crippen molar-refractivity contribution in [3.8, 4) is 11.5 Å². The SMILES string of the molecule is NCC1(c2ccc3c(c2)OC2(CCCCC2)O3)CC1. The molecule has 0 bridgehead atoms. The highest BCUT2D eigenvalue weighted by Crippen LogP contribution is 2.52. The Morgan fingerprint density at radius 3 is 2.37 bits per heavy atom. The summed E-state index contributed by atoms with van der Waals surface area (Å²) in [6, 6.07) is 6.41. The normalized spacial score (nSPS) is 25.5. The zero-order valence-corrected chi connectivity index (χ0v) is 11.3. The second-order valence-electron chi connectivity index (χ2n) is 6.32. The van der Waals surface area contributed by atoms with Crippen LogP contribution in [0.3, 0.4) is 0 Å². The Kier molecular flexibility index (Phi) is 2.37. The van der Waals surface area contributed by atoms with E-state index in [0.717, 1.165) is 30.9 Å². The Labute approximate surface area is 114 Å². The molecule has 3 heteroatoms. The maximum atomic E-state index is 6.18. The Bertz CT molecular complexity index is 501. The molecule has 1 aromatic rings. The predicted octanol–water partition coefficient (Wildman–Crippen LogP) is 3.11. The summed E-state index contributed by atoms with van der Waals surface area (Å²) in [6.07, 6.45) is 8.13. The Balaban J connectivity index is 1.63. The minimum atomic E-state index is -0.362. The molecule has 3 aliphatic rings. The van der Waals surface area contributed by atoms with Gasteiger partial charge in [-0.15, -0.1) is 0 Å². The molecule has 0 atom stereocenters. The second-order valence-corrected chi connectivity index (χ2v) is 6.32. The van der Waals surface area contributed by atoms with Crippen LogP contribution in [0.15, 0.2) is 18.2 Å². The summed E-state index contributed by atoms with van der Waals surface area (Å²) >= 11 is 0. The van der Waals surface area contributed by atoms with Crippen molar-refractivity contribution < 1.29 is 9.47 Å². The summed E-state index contributed by atoms with van der Waals surface area (Å²) in [6.45, 7) is 0.734. The number of hydrogen-bond acceptors (Lipinski definition) is 3. The molecule has 0 saturated heterocycles. The lowest BCUT2D eigenvalue weighted by atomic mass is 9.94. The van der Waals surface area contributed by atoms with E-state index in [1.807, 2.05) is 0 Å². The summed E-state index contributed by atoms with van der Waals surface area (Å²) in [5, 5.41) is 0. The van der Waals surface area contributed by atoms with E-state index >= 15 is 0 Å². The molecule has 102 valence electrons. The van der Waals surface area contributed by atoms with Gasteiger partial charge in [0.2, 0.25) is 0 Å². The predicted molar refractivity (Wildman–Crippen MR) is 73.5 cm³/mol. The van der Waals surface area contributed by atoms with Gasteiger partial charge in [-0.2, -0.15) is 0 Å². The third kappa shape index (κ3) is 1.75. The molecule has 19 heavy (non-hydrogen) atoms. The summed E-state index contributed by atoms with van der Waals surface area (Å²) < 4.78 is 12.3. The third-order valence-corrected chi connectivity index (χ3v) is 5.01. The first-order valence-electron chi connectivity index (χ1n) is 7.48. The Morgan fingerprint density at radius 1 is 0.947 bits per heavy atom. The van der Waals surface area contributed by atoms with Crippen molar-refractivity contribution in [2.45, 2.75) is 56.1 Å². The molecule has 4 rings (SSSR count). The first kappa shape index (κ1) is 11.6. The van der Waals surface area contributed by atoms with Gasteiger partial charge in [-0.05, 0) is 43.4 Å². The average molecular weight is 259 g/mol. The van der Waals surface area contributed by atoms with E-state index in [2.05, 4.69) is 18.2 Å². The Hall–Kier alpha value is -1.22. The smallest absolute Gasteiger partial charge is 0.251 e. The van der Waals surface area contributed by atoms with Crippen LogP contribution in [0.5, 0.6) is 11.5 Å². The molecule has 1 aromatic carbocycles. The molecule has 3 nitrogen and oxygen atoms in total. The molecule has 1 aliphatic heterocycles. The van der Waals surface area contributed by atoms with Gasteiger partial charge in [0, 0.05) is 24.8 Å². The second kappa shape index (κ2) is 3.89. The van der Waals surface area contributed by atoms with E-state index < -0.39 is 0 Å². The molecule has 0 radical (unpaired) electrons. The van der Waals surface area contributed by atoms with Crippen molar-refractivity contribution in [1.82, 2.24) is 0 Å². The monoisotopic (exact) mass is 259 g/mol. The highest BCUT2D eigenvalue weighted by Gasteiger charge is 2.46. The highest BCUT2D eigenvalue weighted by atomic mass is 16.7. The van der Waals surface area contributed by atoms with Crippen molar-refractivity contribution in [2.24, 2.45) is 5.73 Å². The highest BCUT2D eigenvalue weighted by molar-refractivity contribution is 5.49. The van der Waals surface area contributed by atoms with Gasteiger partial charge in [0.05, 0.1) is 0 Å². The van der Waals surface area contributed by atoms with E-state index in [9.17, 15) is 0 Å². The number of ether oxygens (including phenoxy) is 2. The molecule has 2 aliphatic carbocycles. The maximum absolute atomic E-state index is 6.18. The van der Waals surface area contributed by atoms with Gasteiger partial charge >= 0.3 is 0 Å². The molecule has 2 saturated carbocycles. The van der Waals surface area contributed by atoms with Gasteiger partial charge in [-0.1, -0.05) is 12.5 Å². The molecule has 1 spiro atoms. The fraction of sp³-hybridized carbons (Fsp3) is 0.625. The minimum Gasteiger partial charge on any atom is -0.448 e. The van der Waals surface area contributed by atoms with Crippen molar-refractivity contribution in [3.63, 3.8) is 0 Å². The fourth-order valence-electron chi connectivity index (χ4n) is 3.48. The molecule has 1 heterocycles. The van der Waals surface area contributed by atoms with Crippen LogP contribution in [0.25, 0.3) is 0 Å². The molecule has 2 N–H and O–H groups in total. The zero-order chi connectivity index (χ0) is 12.9. The lowest BCUT2D eigenvalue weighted by molar-refractivity contribution is -0.105.